The van der Waals surface area contributed by atoms with E-state index in [1.165, 1.54) is 18.4 Å². The van der Waals surface area contributed by atoms with Gasteiger partial charge in [-0.1, -0.05) is 65.0 Å². The summed E-state index contributed by atoms with van der Waals surface area (Å²) in [6, 6.07) is 10.8. The molecule has 0 N–H and O–H groups in total. The van der Waals surface area contributed by atoms with Gasteiger partial charge in [0, 0.05) is 0 Å². The molecule has 0 aliphatic rings. The Bertz CT molecular complexity index is 288. The molecule has 0 heteroatoms. The van der Waals surface area contributed by atoms with E-state index in [1.807, 2.05) is 0 Å². The highest BCUT2D eigenvalue weighted by Gasteiger charge is 2.31. The van der Waals surface area contributed by atoms with E-state index in [4.69, 9.17) is 0 Å². The zero-order chi connectivity index (χ0) is 11.5. The van der Waals surface area contributed by atoms with Gasteiger partial charge in [0.15, 0.2) is 0 Å². The summed E-state index contributed by atoms with van der Waals surface area (Å²) in [5.41, 5.74) is 2.22. The van der Waals surface area contributed by atoms with Gasteiger partial charge in [-0.2, -0.15) is 0 Å². The third-order valence-corrected chi connectivity index (χ3v) is 3.91. The van der Waals surface area contributed by atoms with Crippen molar-refractivity contribution in [2.45, 2.75) is 47.5 Å². The van der Waals surface area contributed by atoms with Gasteiger partial charge in [0.1, 0.15) is 0 Å². The predicted octanol–water partition coefficient (Wildman–Crippen LogP) is 4.69. The molecule has 1 aromatic carbocycles. The highest BCUT2D eigenvalue weighted by Crippen LogP contribution is 2.41. The fourth-order valence-corrected chi connectivity index (χ4v) is 1.48. The molecule has 0 saturated heterocycles. The van der Waals surface area contributed by atoms with Crippen LogP contribution in [0.3, 0.4) is 0 Å². The van der Waals surface area contributed by atoms with E-state index in [2.05, 4.69) is 65.0 Å². The quantitative estimate of drug-likeness (QED) is 0.670. The van der Waals surface area contributed by atoms with Crippen LogP contribution in [0.2, 0.25) is 0 Å². The zero-order valence-corrected chi connectivity index (χ0v) is 10.8. The zero-order valence-electron chi connectivity index (χ0n) is 10.8. The second kappa shape index (κ2) is 4.38. The molecule has 1 rings (SSSR count). The maximum Gasteiger partial charge on any atom is -0.0274 e. The lowest BCUT2D eigenvalue weighted by atomic mass is 9.66. The summed E-state index contributed by atoms with van der Waals surface area (Å²) in [6.45, 7) is 11.7. The van der Waals surface area contributed by atoms with E-state index >= 15 is 0 Å². The third kappa shape index (κ3) is 3.37. The summed E-state index contributed by atoms with van der Waals surface area (Å²) >= 11 is 0. The van der Waals surface area contributed by atoms with Crippen LogP contribution in [0, 0.1) is 10.8 Å². The third-order valence-electron chi connectivity index (χ3n) is 3.91. The van der Waals surface area contributed by atoms with Crippen molar-refractivity contribution in [2.75, 3.05) is 0 Å². The fourth-order valence-electron chi connectivity index (χ4n) is 1.48. The lowest BCUT2D eigenvalue weighted by molar-refractivity contribution is 0.120. The first-order valence-electron chi connectivity index (χ1n) is 5.87. The molecule has 1 aromatic rings. The molecule has 0 amide bonds. The summed E-state index contributed by atoms with van der Waals surface area (Å²) in [5, 5.41) is 0. The minimum absolute atomic E-state index is 0.377. The monoisotopic (exact) mass is 204 g/mol. The lowest BCUT2D eigenvalue weighted by Crippen LogP contribution is -2.30. The Morgan fingerprint density at radius 3 is 1.87 bits per heavy atom. The Balaban J connectivity index is 2.58. The summed E-state index contributed by atoms with van der Waals surface area (Å²) < 4.78 is 0. The summed E-state index contributed by atoms with van der Waals surface area (Å²) in [7, 11) is 0. The number of aryl methyl sites for hydroxylation is 1. The maximum absolute atomic E-state index is 2.37. The standard InChI is InChI=1S/C15H24/c1-14(2,3)15(4,5)12-11-13-9-7-6-8-10-13/h6-10H,11-12H2,1-5H3. The fraction of sp³-hybridized carbons (Fsp3) is 0.600. The first kappa shape index (κ1) is 12.3. The molecule has 84 valence electrons. The van der Waals surface area contributed by atoms with E-state index in [0.717, 1.165) is 0 Å². The van der Waals surface area contributed by atoms with Crippen LogP contribution < -0.4 is 0 Å². The lowest BCUT2D eigenvalue weighted by Gasteiger charge is -2.39. The van der Waals surface area contributed by atoms with Gasteiger partial charge in [0.05, 0.1) is 0 Å². The highest BCUT2D eigenvalue weighted by atomic mass is 14.4. The van der Waals surface area contributed by atoms with Crippen LogP contribution in [0.4, 0.5) is 0 Å². The van der Waals surface area contributed by atoms with Gasteiger partial charge in [0.2, 0.25) is 0 Å². The summed E-state index contributed by atoms with van der Waals surface area (Å²) in [6.07, 6.45) is 2.44. The second-order valence-corrected chi connectivity index (χ2v) is 6.12. The van der Waals surface area contributed by atoms with Crippen LogP contribution >= 0.6 is 0 Å². The topological polar surface area (TPSA) is 0 Å². The van der Waals surface area contributed by atoms with Crippen molar-refractivity contribution in [3.05, 3.63) is 35.9 Å². The average molecular weight is 204 g/mol. The van der Waals surface area contributed by atoms with E-state index < -0.39 is 0 Å². The molecule has 0 saturated carbocycles. The molecule has 0 aliphatic heterocycles. The van der Waals surface area contributed by atoms with Crippen LogP contribution in [0.25, 0.3) is 0 Å². The van der Waals surface area contributed by atoms with Crippen molar-refractivity contribution in [3.8, 4) is 0 Å². The molecule has 0 bridgehead atoms. The number of benzene rings is 1. The Labute approximate surface area is 94.7 Å². The van der Waals surface area contributed by atoms with Crippen molar-refractivity contribution in [1.29, 1.82) is 0 Å². The van der Waals surface area contributed by atoms with Crippen molar-refractivity contribution < 1.29 is 0 Å². The van der Waals surface area contributed by atoms with Gasteiger partial charge in [-0.05, 0) is 29.2 Å². The van der Waals surface area contributed by atoms with Gasteiger partial charge in [0.25, 0.3) is 0 Å². The van der Waals surface area contributed by atoms with Gasteiger partial charge >= 0.3 is 0 Å². The van der Waals surface area contributed by atoms with E-state index in [9.17, 15) is 0 Å². The average Bonchev–Trinajstić information content (AvgIpc) is 2.15. The molecule has 15 heavy (non-hydrogen) atoms. The second-order valence-electron chi connectivity index (χ2n) is 6.12. The number of hydrogen-bond donors (Lipinski definition) is 0. The smallest absolute Gasteiger partial charge is 0.0274 e. The van der Waals surface area contributed by atoms with Crippen LogP contribution in [-0.2, 0) is 6.42 Å². The molecular formula is C15H24. The van der Waals surface area contributed by atoms with Gasteiger partial charge < -0.3 is 0 Å². The van der Waals surface area contributed by atoms with Gasteiger partial charge in [-0.25, -0.2) is 0 Å². The van der Waals surface area contributed by atoms with E-state index in [1.54, 1.807) is 0 Å². The summed E-state index contributed by atoms with van der Waals surface area (Å²) in [4.78, 5) is 0. The Kier molecular flexibility index (Phi) is 3.59. The summed E-state index contributed by atoms with van der Waals surface area (Å²) in [5.74, 6) is 0. The Morgan fingerprint density at radius 2 is 1.40 bits per heavy atom. The maximum atomic E-state index is 2.37. The van der Waals surface area contributed by atoms with Gasteiger partial charge in [-0.3, -0.25) is 0 Å². The van der Waals surface area contributed by atoms with Crippen LogP contribution in [0.5, 0.6) is 0 Å². The molecule has 0 aromatic heterocycles. The first-order chi connectivity index (χ1) is 6.83. The van der Waals surface area contributed by atoms with Crippen molar-refractivity contribution in [3.63, 3.8) is 0 Å². The molecule has 0 atom stereocenters. The minimum Gasteiger partial charge on any atom is -0.0622 e. The van der Waals surface area contributed by atoms with Crippen LogP contribution in [-0.4, -0.2) is 0 Å². The molecule has 0 unspecified atom stereocenters. The largest absolute Gasteiger partial charge is 0.0622 e. The van der Waals surface area contributed by atoms with Crippen molar-refractivity contribution >= 4 is 0 Å². The SMILES string of the molecule is CC(C)(C)C(C)(C)CCc1ccccc1. The molecule has 0 fully saturated rings. The Morgan fingerprint density at radius 1 is 0.867 bits per heavy atom. The molecule has 0 aliphatic carbocycles. The van der Waals surface area contributed by atoms with Crippen LogP contribution in [0.15, 0.2) is 30.3 Å². The molecule has 0 heterocycles. The minimum atomic E-state index is 0.377. The molecule has 0 radical (unpaired) electrons. The molecule has 0 nitrogen and oxygen atoms in total. The normalized spacial score (nSPS) is 12.9. The highest BCUT2D eigenvalue weighted by molar-refractivity contribution is 5.15. The molecular weight excluding hydrogens is 180 g/mol. The number of hydrogen-bond acceptors (Lipinski definition) is 0. The van der Waals surface area contributed by atoms with Crippen molar-refractivity contribution in [2.24, 2.45) is 10.8 Å². The van der Waals surface area contributed by atoms with E-state index in [0.29, 0.717) is 10.8 Å². The molecule has 0 spiro atoms. The number of rotatable bonds is 3. The Hall–Kier alpha value is -0.780. The predicted molar refractivity (Wildman–Crippen MR) is 68.0 cm³/mol. The van der Waals surface area contributed by atoms with Gasteiger partial charge in [-0.15, -0.1) is 0 Å². The van der Waals surface area contributed by atoms with E-state index in [-0.39, 0.29) is 0 Å². The first-order valence-corrected chi connectivity index (χ1v) is 5.87. The van der Waals surface area contributed by atoms with Crippen LogP contribution in [0.1, 0.15) is 46.6 Å². The van der Waals surface area contributed by atoms with Crippen molar-refractivity contribution in [1.82, 2.24) is 0 Å².